The molecule has 3 aliphatic rings. The molecule has 0 spiro atoms. The smallest absolute Gasteiger partial charge is 0.326 e. The summed E-state index contributed by atoms with van der Waals surface area (Å²) in [5.41, 5.74) is 1.49. The fourth-order valence-corrected chi connectivity index (χ4v) is 6.52. The quantitative estimate of drug-likeness (QED) is 0.318. The van der Waals surface area contributed by atoms with Gasteiger partial charge < -0.3 is 15.0 Å². The normalized spacial score (nSPS) is 23.2. The molecule has 7 heteroatoms. The summed E-state index contributed by atoms with van der Waals surface area (Å²) in [5.74, 6) is -0.261. The van der Waals surface area contributed by atoms with Crippen LogP contribution in [-0.4, -0.2) is 46.9 Å². The molecule has 2 aromatic carbocycles. The van der Waals surface area contributed by atoms with Gasteiger partial charge in [0.2, 0.25) is 0 Å². The van der Waals surface area contributed by atoms with Crippen LogP contribution in [0.3, 0.4) is 0 Å². The number of piperidine rings is 1. The van der Waals surface area contributed by atoms with Gasteiger partial charge in [-0.3, -0.25) is 14.5 Å². The summed E-state index contributed by atoms with van der Waals surface area (Å²) in [5, 5.41) is 2.92. The predicted molar refractivity (Wildman–Crippen MR) is 143 cm³/mol. The molecule has 1 aliphatic carbocycles. The number of carbonyl (C=O) groups excluding carboxylic acids is 2. The lowest BCUT2D eigenvalue weighted by atomic mass is 9.80. The number of para-hydroxylation sites is 2. The molecule has 2 heterocycles. The number of alkyl halides is 1. The van der Waals surface area contributed by atoms with Gasteiger partial charge in [-0.2, -0.15) is 0 Å². The van der Waals surface area contributed by atoms with Gasteiger partial charge in [-0.05, 0) is 43.4 Å². The van der Waals surface area contributed by atoms with Gasteiger partial charge in [0, 0.05) is 19.1 Å². The number of hydrogen-bond acceptors (Lipinski definition) is 5. The van der Waals surface area contributed by atoms with Gasteiger partial charge in [-0.15, -0.1) is 0 Å². The van der Waals surface area contributed by atoms with Crippen LogP contribution in [0.15, 0.2) is 54.6 Å². The van der Waals surface area contributed by atoms with Crippen molar-refractivity contribution in [3.05, 3.63) is 60.2 Å². The molecule has 0 bridgehead atoms. The highest BCUT2D eigenvalue weighted by molar-refractivity contribution is 6.35. The van der Waals surface area contributed by atoms with Gasteiger partial charge in [0.25, 0.3) is 5.91 Å². The summed E-state index contributed by atoms with van der Waals surface area (Å²) >= 11 is 6.62. The maximum atomic E-state index is 13.8. The molecule has 1 atom stereocenters. The average molecular weight is 510 g/mol. The maximum Gasteiger partial charge on any atom is 0.326 e. The molecule has 36 heavy (non-hydrogen) atoms. The molecule has 5 rings (SSSR count). The Morgan fingerprint density at radius 1 is 0.944 bits per heavy atom. The van der Waals surface area contributed by atoms with Gasteiger partial charge in [0.05, 0.1) is 11.4 Å². The van der Waals surface area contributed by atoms with Crippen LogP contribution in [0.1, 0.15) is 63.4 Å². The van der Waals surface area contributed by atoms with E-state index in [1.807, 2.05) is 54.6 Å². The number of amides is 1. The minimum absolute atomic E-state index is 0.0791. The van der Waals surface area contributed by atoms with E-state index in [-0.39, 0.29) is 17.9 Å². The number of fused-ring (bicyclic) bond motifs is 1. The zero-order valence-electron chi connectivity index (χ0n) is 20.8. The summed E-state index contributed by atoms with van der Waals surface area (Å²) < 4.78 is 5.98. The van der Waals surface area contributed by atoms with E-state index in [1.165, 1.54) is 6.42 Å². The first kappa shape index (κ1) is 25.1. The summed E-state index contributed by atoms with van der Waals surface area (Å²) in [4.78, 5) is 30.8. The second kappa shape index (κ2) is 11.2. The number of ether oxygens (including phenoxy) is 1. The molecule has 192 valence electrons. The van der Waals surface area contributed by atoms with E-state index in [0.717, 1.165) is 81.4 Å². The van der Waals surface area contributed by atoms with Crippen molar-refractivity contribution < 1.29 is 14.3 Å². The van der Waals surface area contributed by atoms with E-state index in [0.29, 0.717) is 6.61 Å². The molecule has 0 aromatic heterocycles. The molecular weight excluding hydrogens is 474 g/mol. The van der Waals surface area contributed by atoms with Gasteiger partial charge in [0.15, 0.2) is 5.50 Å². The van der Waals surface area contributed by atoms with Crippen molar-refractivity contribution in [3.8, 4) is 0 Å². The second-order valence-corrected chi connectivity index (χ2v) is 10.7. The van der Waals surface area contributed by atoms with Crippen LogP contribution in [0.2, 0.25) is 0 Å². The lowest BCUT2D eigenvalue weighted by Gasteiger charge is -2.49. The Morgan fingerprint density at radius 2 is 1.58 bits per heavy atom. The molecule has 2 fully saturated rings. The Bertz CT molecular complexity index is 1050. The summed E-state index contributed by atoms with van der Waals surface area (Å²) in [7, 11) is 0. The fraction of sp³-hybridized carbons (Fsp3) is 0.517. The van der Waals surface area contributed by atoms with E-state index >= 15 is 0 Å². The van der Waals surface area contributed by atoms with Crippen molar-refractivity contribution in [2.24, 2.45) is 0 Å². The predicted octanol–water partition coefficient (Wildman–Crippen LogP) is 5.70. The number of benzene rings is 2. The average Bonchev–Trinajstić information content (AvgIpc) is 2.89. The molecular formula is C29H36ClN3O3. The van der Waals surface area contributed by atoms with E-state index in [4.69, 9.17) is 16.3 Å². The highest BCUT2D eigenvalue weighted by atomic mass is 35.5. The molecule has 2 aliphatic heterocycles. The number of esters is 1. The van der Waals surface area contributed by atoms with Crippen LogP contribution in [0.4, 0.5) is 11.4 Å². The first-order valence-corrected chi connectivity index (χ1v) is 13.8. The lowest BCUT2D eigenvalue weighted by molar-refractivity contribution is -0.163. The summed E-state index contributed by atoms with van der Waals surface area (Å²) in [6.07, 6.45) is 9.04. The zero-order chi connectivity index (χ0) is 25.0. The lowest BCUT2D eigenvalue weighted by Crippen LogP contribution is -2.61. The van der Waals surface area contributed by atoms with Gasteiger partial charge in [0.1, 0.15) is 12.1 Å². The first-order chi connectivity index (χ1) is 17.6. The number of likely N-dealkylation sites (tertiary alicyclic amines) is 1. The van der Waals surface area contributed by atoms with E-state index in [9.17, 15) is 9.59 Å². The Kier molecular flexibility index (Phi) is 7.82. The SMILES string of the molecule is O=C1Nc2ccccc2N(C2CCN(C3(C(=O)OCc4ccccc4)CCCCCCC3)CC2)C1Cl. The Morgan fingerprint density at radius 3 is 2.31 bits per heavy atom. The van der Waals surface area contributed by atoms with Crippen molar-refractivity contribution in [1.29, 1.82) is 0 Å². The minimum atomic E-state index is -0.734. The number of rotatable bonds is 5. The number of nitrogens with zero attached hydrogens (tertiary/aromatic N) is 2. The van der Waals surface area contributed by atoms with E-state index < -0.39 is 11.0 Å². The van der Waals surface area contributed by atoms with Crippen molar-refractivity contribution >= 4 is 34.9 Å². The van der Waals surface area contributed by atoms with Crippen LogP contribution in [0.5, 0.6) is 0 Å². The number of nitrogens with one attached hydrogen (secondary N) is 1. The molecule has 1 amide bonds. The van der Waals surface area contributed by atoms with E-state index in [1.54, 1.807) is 0 Å². The van der Waals surface area contributed by atoms with Gasteiger partial charge >= 0.3 is 5.97 Å². The number of carbonyl (C=O) groups is 2. The summed E-state index contributed by atoms with van der Waals surface area (Å²) in [6.45, 7) is 1.88. The van der Waals surface area contributed by atoms with Crippen LogP contribution >= 0.6 is 11.6 Å². The zero-order valence-corrected chi connectivity index (χ0v) is 21.6. The van der Waals surface area contributed by atoms with Crippen LogP contribution in [0, 0.1) is 0 Å². The highest BCUT2D eigenvalue weighted by Gasteiger charge is 2.47. The Hall–Kier alpha value is -2.57. The third-order valence-electron chi connectivity index (χ3n) is 8.14. The minimum Gasteiger partial charge on any atom is -0.459 e. The topological polar surface area (TPSA) is 61.9 Å². The molecule has 1 saturated heterocycles. The maximum absolute atomic E-state index is 13.8. The second-order valence-electron chi connectivity index (χ2n) is 10.3. The monoisotopic (exact) mass is 509 g/mol. The first-order valence-electron chi connectivity index (χ1n) is 13.4. The van der Waals surface area contributed by atoms with Gasteiger partial charge in [-0.1, -0.05) is 86.2 Å². The standard InChI is InChI=1S/C29H36ClN3O3/c30-26-27(34)31-24-13-7-8-14-25(24)33(26)23-15-19-32(20-16-23)29(17-9-2-1-3-10-18-29)28(35)36-21-22-11-5-4-6-12-22/h4-8,11-14,23,26H,1-3,9-10,15-21H2,(H,31,34). The van der Waals surface area contributed by atoms with E-state index in [2.05, 4.69) is 15.1 Å². The molecule has 0 radical (unpaired) electrons. The van der Waals surface area contributed by atoms with Crippen LogP contribution in [-0.2, 0) is 20.9 Å². The number of hydrogen-bond donors (Lipinski definition) is 1. The van der Waals surface area contributed by atoms with Crippen molar-refractivity contribution in [2.75, 3.05) is 23.3 Å². The highest BCUT2D eigenvalue weighted by Crippen LogP contribution is 2.40. The third-order valence-corrected chi connectivity index (χ3v) is 8.55. The molecule has 2 aromatic rings. The third kappa shape index (κ3) is 5.12. The molecule has 1 N–H and O–H groups in total. The Balaban J connectivity index is 1.32. The summed E-state index contributed by atoms with van der Waals surface area (Å²) in [6, 6.07) is 17.9. The number of anilines is 2. The van der Waals surface area contributed by atoms with Gasteiger partial charge in [-0.25, -0.2) is 0 Å². The van der Waals surface area contributed by atoms with Crippen LogP contribution in [0.25, 0.3) is 0 Å². The van der Waals surface area contributed by atoms with Crippen LogP contribution < -0.4 is 10.2 Å². The fourth-order valence-electron chi connectivity index (χ4n) is 6.20. The molecule has 1 saturated carbocycles. The molecule has 1 unspecified atom stereocenters. The Labute approximate surface area is 218 Å². The van der Waals surface area contributed by atoms with Crippen molar-refractivity contribution in [3.63, 3.8) is 0 Å². The molecule has 6 nitrogen and oxygen atoms in total. The largest absolute Gasteiger partial charge is 0.459 e. The van der Waals surface area contributed by atoms with Crippen molar-refractivity contribution in [2.45, 2.75) is 81.5 Å². The van der Waals surface area contributed by atoms with Crippen molar-refractivity contribution in [1.82, 2.24) is 4.90 Å². The number of halogens is 1.